The summed E-state index contributed by atoms with van der Waals surface area (Å²) in [5.41, 5.74) is 6.16. The average Bonchev–Trinajstić information content (AvgIpc) is 2.59. The quantitative estimate of drug-likeness (QED) is 0.830. The minimum atomic E-state index is -0.962. The van der Waals surface area contributed by atoms with Crippen molar-refractivity contribution >= 4 is 23.3 Å². The molecule has 0 aliphatic rings. The summed E-state index contributed by atoms with van der Waals surface area (Å²) >= 11 is 5.82. The summed E-state index contributed by atoms with van der Waals surface area (Å²) in [7, 11) is 0. The lowest BCUT2D eigenvalue weighted by atomic mass is 10.1. The Morgan fingerprint density at radius 1 is 1.69 bits per heavy atom. The molecule has 84 valence electrons. The number of carboxylic acids is 1. The molecule has 7 heteroatoms. The van der Waals surface area contributed by atoms with E-state index in [-0.39, 0.29) is 6.42 Å². The normalized spacial score (nSPS) is 12.9. The van der Waals surface area contributed by atoms with E-state index in [9.17, 15) is 4.79 Å². The number of imidazole rings is 1. The van der Waals surface area contributed by atoms with Gasteiger partial charge in [0.2, 0.25) is 5.78 Å². The fourth-order valence-electron chi connectivity index (χ4n) is 1.35. The van der Waals surface area contributed by atoms with E-state index in [4.69, 9.17) is 22.4 Å². The third kappa shape index (κ3) is 1.98. The number of carbonyl (C=O) groups is 1. The number of aromatic nitrogens is 3. The van der Waals surface area contributed by atoms with Crippen LogP contribution >= 0.6 is 11.6 Å². The molecule has 2 rings (SSSR count). The van der Waals surface area contributed by atoms with E-state index in [0.717, 1.165) is 0 Å². The predicted octanol–water partition coefficient (Wildman–Crippen LogP) is 0.857. The van der Waals surface area contributed by atoms with Gasteiger partial charge in [-0.1, -0.05) is 11.6 Å². The highest BCUT2D eigenvalue weighted by Crippen LogP contribution is 2.15. The first-order valence-corrected chi connectivity index (χ1v) is 4.92. The lowest BCUT2D eigenvalue weighted by Crippen LogP contribution is -2.16. The zero-order valence-electron chi connectivity index (χ0n) is 8.17. The fraction of sp³-hybridized carbons (Fsp3) is 0.222. The van der Waals surface area contributed by atoms with Crippen molar-refractivity contribution < 1.29 is 9.90 Å². The summed E-state index contributed by atoms with van der Waals surface area (Å²) in [5, 5.41) is 9.06. The van der Waals surface area contributed by atoms with Gasteiger partial charge < -0.3 is 10.8 Å². The van der Waals surface area contributed by atoms with Crippen LogP contribution in [0.4, 0.5) is 0 Å². The van der Waals surface area contributed by atoms with Crippen molar-refractivity contribution in [3.05, 3.63) is 29.3 Å². The fourth-order valence-corrected chi connectivity index (χ4v) is 1.54. The Morgan fingerprint density at radius 3 is 3.12 bits per heavy atom. The molecule has 0 saturated heterocycles. The van der Waals surface area contributed by atoms with Crippen molar-refractivity contribution in [1.82, 2.24) is 14.4 Å². The lowest BCUT2D eigenvalue weighted by molar-refractivity contribution is -0.137. The molecule has 0 spiro atoms. The molecule has 0 amide bonds. The molecule has 0 radical (unpaired) electrons. The Hall–Kier alpha value is -1.66. The zero-order valence-corrected chi connectivity index (χ0v) is 8.92. The van der Waals surface area contributed by atoms with Gasteiger partial charge in [0.15, 0.2) is 0 Å². The van der Waals surface area contributed by atoms with Gasteiger partial charge >= 0.3 is 5.97 Å². The molecule has 16 heavy (non-hydrogen) atoms. The number of hydrogen-bond acceptors (Lipinski definition) is 4. The van der Waals surface area contributed by atoms with Crippen molar-refractivity contribution in [1.29, 1.82) is 0 Å². The molecule has 0 fully saturated rings. The minimum absolute atomic E-state index is 0.169. The van der Waals surface area contributed by atoms with Crippen LogP contribution in [0.5, 0.6) is 0 Å². The van der Waals surface area contributed by atoms with Crippen molar-refractivity contribution in [2.75, 3.05) is 0 Å². The minimum Gasteiger partial charge on any atom is -0.481 e. The van der Waals surface area contributed by atoms with Crippen LogP contribution in [-0.2, 0) is 4.79 Å². The van der Waals surface area contributed by atoms with E-state index in [2.05, 4.69) is 9.97 Å². The third-order valence-electron chi connectivity index (χ3n) is 2.13. The average molecular weight is 241 g/mol. The molecule has 2 aromatic rings. The molecule has 2 heterocycles. The van der Waals surface area contributed by atoms with Gasteiger partial charge in [0.05, 0.1) is 24.4 Å². The summed E-state index contributed by atoms with van der Waals surface area (Å²) in [5.74, 6) is -0.557. The number of rotatable bonds is 3. The number of hydrogen-bond donors (Lipinski definition) is 2. The molecular weight excluding hydrogens is 232 g/mol. The van der Waals surface area contributed by atoms with Gasteiger partial charge in [-0.25, -0.2) is 9.97 Å². The maximum Gasteiger partial charge on any atom is 0.305 e. The summed E-state index contributed by atoms with van der Waals surface area (Å²) in [6, 6.07) is 0.992. The number of halogens is 1. The number of aliphatic carboxylic acids is 1. The molecule has 6 nitrogen and oxygen atoms in total. The first-order chi connectivity index (χ1) is 7.58. The van der Waals surface area contributed by atoms with Gasteiger partial charge in [0, 0.05) is 6.20 Å². The highest BCUT2D eigenvalue weighted by Gasteiger charge is 2.13. The molecule has 3 N–H and O–H groups in total. The van der Waals surface area contributed by atoms with Crippen molar-refractivity contribution in [2.24, 2.45) is 5.73 Å². The molecular formula is C9H9ClN4O2. The van der Waals surface area contributed by atoms with Crippen LogP contribution < -0.4 is 5.73 Å². The standard InChI is InChI=1S/C9H9ClN4O2/c10-7-4-12-9-13-6(1-2-14(7)9)5(11)3-8(15)16/h1-2,4-5H,3,11H2,(H,15,16). The molecule has 1 unspecified atom stereocenters. The number of fused-ring (bicyclic) bond motifs is 1. The van der Waals surface area contributed by atoms with E-state index in [1.807, 2.05) is 0 Å². The molecule has 2 aromatic heterocycles. The molecule has 0 aliphatic carbocycles. The van der Waals surface area contributed by atoms with Crippen molar-refractivity contribution in [3.63, 3.8) is 0 Å². The van der Waals surface area contributed by atoms with Gasteiger partial charge in [0.1, 0.15) is 5.15 Å². The SMILES string of the molecule is NC(CC(=O)O)c1ccn2c(Cl)cnc2n1. The number of carboxylic acid groups (broad SMARTS) is 1. The summed E-state index contributed by atoms with van der Waals surface area (Å²) < 4.78 is 1.58. The van der Waals surface area contributed by atoms with Gasteiger partial charge in [-0.3, -0.25) is 9.20 Å². The Balaban J connectivity index is 2.35. The Bertz CT molecular complexity index is 539. The van der Waals surface area contributed by atoms with Crippen LogP contribution in [0.1, 0.15) is 18.2 Å². The number of nitrogens with zero attached hydrogens (tertiary/aromatic N) is 3. The van der Waals surface area contributed by atoms with Crippen molar-refractivity contribution in [2.45, 2.75) is 12.5 Å². The van der Waals surface area contributed by atoms with Gasteiger partial charge in [-0.2, -0.15) is 0 Å². The summed E-state index contributed by atoms with van der Waals surface area (Å²) in [6.07, 6.45) is 2.96. The Kier molecular flexibility index (Phi) is 2.76. The molecule has 0 saturated carbocycles. The molecule has 0 bridgehead atoms. The second kappa shape index (κ2) is 4.07. The van der Waals surface area contributed by atoms with Crippen LogP contribution in [-0.4, -0.2) is 25.4 Å². The highest BCUT2D eigenvalue weighted by molar-refractivity contribution is 6.29. The maximum atomic E-state index is 10.5. The van der Waals surface area contributed by atoms with E-state index in [1.54, 1.807) is 16.7 Å². The van der Waals surface area contributed by atoms with Crippen LogP contribution in [0.15, 0.2) is 18.5 Å². The number of nitrogens with two attached hydrogens (primary N) is 1. The van der Waals surface area contributed by atoms with E-state index in [0.29, 0.717) is 16.6 Å². The smallest absolute Gasteiger partial charge is 0.305 e. The van der Waals surface area contributed by atoms with Gasteiger partial charge in [-0.15, -0.1) is 0 Å². The Labute approximate surface area is 95.7 Å². The van der Waals surface area contributed by atoms with Crippen LogP contribution in [0, 0.1) is 0 Å². The monoisotopic (exact) mass is 240 g/mol. The highest BCUT2D eigenvalue weighted by atomic mass is 35.5. The van der Waals surface area contributed by atoms with Gasteiger partial charge in [0.25, 0.3) is 0 Å². The van der Waals surface area contributed by atoms with E-state index in [1.165, 1.54) is 6.20 Å². The van der Waals surface area contributed by atoms with Crippen LogP contribution in [0.2, 0.25) is 5.15 Å². The first-order valence-electron chi connectivity index (χ1n) is 4.55. The summed E-state index contributed by atoms with van der Waals surface area (Å²) in [4.78, 5) is 18.6. The van der Waals surface area contributed by atoms with Crippen LogP contribution in [0.3, 0.4) is 0 Å². The predicted molar refractivity (Wildman–Crippen MR) is 57.2 cm³/mol. The lowest BCUT2D eigenvalue weighted by Gasteiger charge is -2.07. The van der Waals surface area contributed by atoms with Gasteiger partial charge in [-0.05, 0) is 6.07 Å². The zero-order chi connectivity index (χ0) is 11.7. The second-order valence-electron chi connectivity index (χ2n) is 3.31. The van der Waals surface area contributed by atoms with Crippen LogP contribution in [0.25, 0.3) is 5.78 Å². The third-order valence-corrected chi connectivity index (χ3v) is 2.41. The topological polar surface area (TPSA) is 93.5 Å². The molecule has 0 aromatic carbocycles. The Morgan fingerprint density at radius 2 is 2.44 bits per heavy atom. The van der Waals surface area contributed by atoms with E-state index < -0.39 is 12.0 Å². The summed E-state index contributed by atoms with van der Waals surface area (Å²) in [6.45, 7) is 0. The van der Waals surface area contributed by atoms with E-state index >= 15 is 0 Å². The first kappa shape index (κ1) is 10.8. The molecule has 0 aliphatic heterocycles. The van der Waals surface area contributed by atoms with Crippen molar-refractivity contribution in [3.8, 4) is 0 Å². The second-order valence-corrected chi connectivity index (χ2v) is 3.69. The maximum absolute atomic E-state index is 10.5. The largest absolute Gasteiger partial charge is 0.481 e. The molecule has 1 atom stereocenters.